The zero-order valence-corrected chi connectivity index (χ0v) is 12.0. The van der Waals surface area contributed by atoms with Gasteiger partial charge in [-0.25, -0.2) is 0 Å². The highest BCUT2D eigenvalue weighted by Crippen LogP contribution is 2.28. The van der Waals surface area contributed by atoms with Crippen LogP contribution in [0.2, 0.25) is 0 Å². The Morgan fingerprint density at radius 1 is 1.26 bits per heavy atom. The number of nitrogens with zero attached hydrogens (tertiary/aromatic N) is 3. The first-order valence-corrected chi connectivity index (χ1v) is 7.82. The molecule has 0 amide bonds. The summed E-state index contributed by atoms with van der Waals surface area (Å²) in [6.45, 7) is 6.73. The minimum atomic E-state index is 0.659. The van der Waals surface area contributed by atoms with Gasteiger partial charge in [-0.1, -0.05) is 12.8 Å². The molecule has 1 aromatic rings. The van der Waals surface area contributed by atoms with Crippen LogP contribution in [-0.4, -0.2) is 40.4 Å². The molecule has 106 valence electrons. The van der Waals surface area contributed by atoms with E-state index < -0.39 is 0 Å². The van der Waals surface area contributed by atoms with Crippen LogP contribution < -0.4 is 5.32 Å². The van der Waals surface area contributed by atoms with Crippen molar-refractivity contribution in [3.8, 4) is 0 Å². The van der Waals surface area contributed by atoms with Gasteiger partial charge in [0.1, 0.15) is 0 Å². The van der Waals surface area contributed by atoms with Gasteiger partial charge in [-0.2, -0.15) is 5.10 Å². The smallest absolute Gasteiger partial charge is 0.0765 e. The summed E-state index contributed by atoms with van der Waals surface area (Å²) >= 11 is 0. The Hall–Kier alpha value is -0.870. The SMILES string of the molecule is CC1CCNCCN1Cc1ccn(C2CCCC2)n1. The van der Waals surface area contributed by atoms with Crippen molar-refractivity contribution in [2.45, 2.75) is 57.7 Å². The standard InChI is InChI=1S/C15H26N4/c1-13-6-8-16-9-11-18(13)12-14-7-10-19(17-14)15-4-2-3-5-15/h7,10,13,15-16H,2-6,8-9,11-12H2,1H3. The van der Waals surface area contributed by atoms with E-state index in [0.717, 1.165) is 26.2 Å². The van der Waals surface area contributed by atoms with Gasteiger partial charge in [0.2, 0.25) is 0 Å². The Morgan fingerprint density at radius 3 is 2.95 bits per heavy atom. The highest BCUT2D eigenvalue weighted by Gasteiger charge is 2.20. The lowest BCUT2D eigenvalue weighted by molar-refractivity contribution is 0.208. The van der Waals surface area contributed by atoms with E-state index in [-0.39, 0.29) is 0 Å². The third-order valence-electron chi connectivity index (χ3n) is 4.67. The molecule has 19 heavy (non-hydrogen) atoms. The van der Waals surface area contributed by atoms with Crippen LogP contribution in [0.25, 0.3) is 0 Å². The van der Waals surface area contributed by atoms with Crippen LogP contribution in [0.1, 0.15) is 50.8 Å². The largest absolute Gasteiger partial charge is 0.315 e. The van der Waals surface area contributed by atoms with Crippen molar-refractivity contribution in [1.29, 1.82) is 0 Å². The fraction of sp³-hybridized carbons (Fsp3) is 0.800. The molecule has 1 aliphatic heterocycles. The lowest BCUT2D eigenvalue weighted by Gasteiger charge is -2.25. The zero-order chi connectivity index (χ0) is 13.1. The predicted octanol–water partition coefficient (Wildman–Crippen LogP) is 2.18. The molecule has 1 N–H and O–H groups in total. The minimum Gasteiger partial charge on any atom is -0.315 e. The molecule has 0 radical (unpaired) electrons. The molecule has 1 saturated carbocycles. The Morgan fingerprint density at radius 2 is 2.11 bits per heavy atom. The Kier molecular flexibility index (Phi) is 4.18. The molecule has 4 heteroatoms. The Bertz CT molecular complexity index is 395. The van der Waals surface area contributed by atoms with Crippen LogP contribution in [0.3, 0.4) is 0 Å². The summed E-state index contributed by atoms with van der Waals surface area (Å²) in [6, 6.07) is 3.53. The summed E-state index contributed by atoms with van der Waals surface area (Å²) < 4.78 is 2.21. The molecule has 4 nitrogen and oxygen atoms in total. The number of nitrogens with one attached hydrogen (secondary N) is 1. The summed E-state index contributed by atoms with van der Waals surface area (Å²) in [6.07, 6.45) is 8.79. The number of rotatable bonds is 3. The van der Waals surface area contributed by atoms with Crippen LogP contribution in [-0.2, 0) is 6.54 Å². The molecule has 2 heterocycles. The summed E-state index contributed by atoms with van der Waals surface area (Å²) in [5.74, 6) is 0. The average molecular weight is 262 g/mol. The maximum Gasteiger partial charge on any atom is 0.0765 e. The lowest BCUT2D eigenvalue weighted by atomic mass is 10.2. The van der Waals surface area contributed by atoms with Crippen LogP contribution in [0, 0.1) is 0 Å². The molecule has 1 saturated heterocycles. The maximum atomic E-state index is 4.81. The maximum absolute atomic E-state index is 4.81. The molecule has 2 aliphatic rings. The topological polar surface area (TPSA) is 33.1 Å². The molecule has 0 spiro atoms. The molecular formula is C15H26N4. The van der Waals surface area contributed by atoms with Crippen molar-refractivity contribution in [2.24, 2.45) is 0 Å². The molecule has 1 aromatic heterocycles. The van der Waals surface area contributed by atoms with Crippen LogP contribution in [0.15, 0.2) is 12.3 Å². The molecular weight excluding hydrogens is 236 g/mol. The first kappa shape index (κ1) is 13.1. The minimum absolute atomic E-state index is 0.659. The summed E-state index contributed by atoms with van der Waals surface area (Å²) in [4.78, 5) is 2.56. The molecule has 2 fully saturated rings. The van der Waals surface area contributed by atoms with E-state index in [1.54, 1.807) is 0 Å². The van der Waals surface area contributed by atoms with E-state index in [0.29, 0.717) is 12.1 Å². The van der Waals surface area contributed by atoms with Gasteiger partial charge in [0.25, 0.3) is 0 Å². The van der Waals surface area contributed by atoms with Crippen molar-refractivity contribution in [2.75, 3.05) is 19.6 Å². The lowest BCUT2D eigenvalue weighted by Crippen LogP contribution is -2.33. The Labute approximate surface area is 116 Å². The summed E-state index contributed by atoms with van der Waals surface area (Å²) in [7, 11) is 0. The molecule has 1 atom stereocenters. The first-order chi connectivity index (χ1) is 9.33. The second kappa shape index (κ2) is 6.06. The highest BCUT2D eigenvalue weighted by atomic mass is 15.3. The fourth-order valence-electron chi connectivity index (χ4n) is 3.34. The quantitative estimate of drug-likeness (QED) is 0.906. The van der Waals surface area contributed by atoms with Crippen molar-refractivity contribution < 1.29 is 0 Å². The van der Waals surface area contributed by atoms with Gasteiger partial charge in [-0.3, -0.25) is 9.58 Å². The van der Waals surface area contributed by atoms with Crippen molar-refractivity contribution in [3.63, 3.8) is 0 Å². The molecule has 3 rings (SSSR count). The third-order valence-corrected chi connectivity index (χ3v) is 4.67. The van der Waals surface area contributed by atoms with E-state index in [1.165, 1.54) is 37.8 Å². The van der Waals surface area contributed by atoms with Crippen molar-refractivity contribution in [1.82, 2.24) is 20.0 Å². The van der Waals surface area contributed by atoms with E-state index in [1.807, 2.05) is 0 Å². The number of hydrogen-bond donors (Lipinski definition) is 1. The molecule has 0 aromatic carbocycles. The van der Waals surface area contributed by atoms with Gasteiger partial charge in [0, 0.05) is 31.9 Å². The number of aromatic nitrogens is 2. The normalized spacial score (nSPS) is 26.7. The van der Waals surface area contributed by atoms with Gasteiger partial charge >= 0.3 is 0 Å². The van der Waals surface area contributed by atoms with Crippen molar-refractivity contribution >= 4 is 0 Å². The van der Waals surface area contributed by atoms with Crippen LogP contribution in [0.5, 0.6) is 0 Å². The predicted molar refractivity (Wildman–Crippen MR) is 77.1 cm³/mol. The van der Waals surface area contributed by atoms with Gasteiger partial charge < -0.3 is 5.32 Å². The van der Waals surface area contributed by atoms with Gasteiger partial charge in [-0.15, -0.1) is 0 Å². The van der Waals surface area contributed by atoms with Crippen LogP contribution in [0.4, 0.5) is 0 Å². The van der Waals surface area contributed by atoms with Crippen LogP contribution >= 0.6 is 0 Å². The van der Waals surface area contributed by atoms with E-state index in [2.05, 4.69) is 34.1 Å². The Balaban J connectivity index is 1.62. The highest BCUT2D eigenvalue weighted by molar-refractivity contribution is 5.01. The van der Waals surface area contributed by atoms with Gasteiger partial charge in [0.05, 0.1) is 11.7 Å². The number of hydrogen-bond acceptors (Lipinski definition) is 3. The second-order valence-electron chi connectivity index (χ2n) is 6.08. The molecule has 1 unspecified atom stereocenters. The van der Waals surface area contributed by atoms with Crippen molar-refractivity contribution in [3.05, 3.63) is 18.0 Å². The second-order valence-corrected chi connectivity index (χ2v) is 6.08. The van der Waals surface area contributed by atoms with Gasteiger partial charge in [-0.05, 0) is 38.8 Å². The molecule has 0 bridgehead atoms. The van der Waals surface area contributed by atoms with E-state index in [4.69, 9.17) is 5.10 Å². The van der Waals surface area contributed by atoms with E-state index in [9.17, 15) is 0 Å². The van der Waals surface area contributed by atoms with Gasteiger partial charge in [0.15, 0.2) is 0 Å². The third kappa shape index (κ3) is 3.18. The average Bonchev–Trinajstić information content (AvgIpc) is 3.03. The monoisotopic (exact) mass is 262 g/mol. The zero-order valence-electron chi connectivity index (χ0n) is 12.0. The first-order valence-electron chi connectivity index (χ1n) is 7.82. The fourth-order valence-corrected chi connectivity index (χ4v) is 3.34. The molecule has 1 aliphatic carbocycles. The van der Waals surface area contributed by atoms with E-state index >= 15 is 0 Å². The summed E-state index contributed by atoms with van der Waals surface area (Å²) in [5.41, 5.74) is 1.24. The summed E-state index contributed by atoms with van der Waals surface area (Å²) in [5, 5.41) is 8.28.